The summed E-state index contributed by atoms with van der Waals surface area (Å²) >= 11 is -3.54. The van der Waals surface area contributed by atoms with Crippen LogP contribution >= 0.6 is 38.8 Å². The van der Waals surface area contributed by atoms with Gasteiger partial charge in [-0.1, -0.05) is 88.7 Å². The van der Waals surface area contributed by atoms with Crippen LogP contribution in [0.1, 0.15) is 109 Å². The summed E-state index contributed by atoms with van der Waals surface area (Å²) in [5, 5.41) is 0. The molecule has 370 valence electrons. The van der Waals surface area contributed by atoms with Gasteiger partial charge in [0, 0.05) is 35.7 Å². The van der Waals surface area contributed by atoms with Crippen molar-refractivity contribution in [1.29, 1.82) is 0 Å². The van der Waals surface area contributed by atoms with E-state index in [4.69, 9.17) is 38.8 Å². The van der Waals surface area contributed by atoms with Gasteiger partial charge in [-0.15, -0.1) is 5.41 Å². The summed E-state index contributed by atoms with van der Waals surface area (Å²) in [7, 11) is 27.3. The average Bonchev–Trinajstić information content (AvgIpc) is 3.84. The quantitative estimate of drug-likeness (QED) is 0.0749. The van der Waals surface area contributed by atoms with Crippen molar-refractivity contribution in [2.75, 3.05) is 27.8 Å². The Kier molecular flexibility index (Phi) is 22.9. The van der Waals surface area contributed by atoms with E-state index in [-0.39, 0.29) is 23.2 Å². The van der Waals surface area contributed by atoms with Gasteiger partial charge in [0.25, 0.3) is 0 Å². The number of aryl methyl sites for hydroxylation is 4. The Bertz CT molecular complexity index is 2320. The summed E-state index contributed by atoms with van der Waals surface area (Å²) in [5.74, 6) is 1.97. The minimum absolute atomic E-state index is 0.207. The van der Waals surface area contributed by atoms with Gasteiger partial charge in [0.2, 0.25) is 0 Å². The summed E-state index contributed by atoms with van der Waals surface area (Å²) < 4.78 is 11.1. The van der Waals surface area contributed by atoms with Crippen molar-refractivity contribution in [3.05, 3.63) is 169 Å². The Labute approximate surface area is 431 Å². The Morgan fingerprint density at radius 3 is 1.58 bits per heavy atom. The van der Waals surface area contributed by atoms with Gasteiger partial charge in [-0.05, 0) is 74.9 Å². The van der Waals surface area contributed by atoms with Crippen LogP contribution in [0, 0.1) is 39.6 Å². The second-order valence-electron chi connectivity index (χ2n) is 18.6. The van der Waals surface area contributed by atoms with Crippen LogP contribution in [0.3, 0.4) is 0 Å². The molecular formula is C56H74Cl4N3O2Ru2-. The average molecular weight is 1170 g/mol. The summed E-state index contributed by atoms with van der Waals surface area (Å²) in [6.45, 7) is 33.2. The van der Waals surface area contributed by atoms with Crippen LogP contribution in [0.4, 0.5) is 17.1 Å². The van der Waals surface area contributed by atoms with Crippen molar-refractivity contribution in [1.82, 2.24) is 0 Å². The second kappa shape index (κ2) is 27.0. The first-order chi connectivity index (χ1) is 31.7. The van der Waals surface area contributed by atoms with Gasteiger partial charge < -0.3 is 14.7 Å². The van der Waals surface area contributed by atoms with Gasteiger partial charge in [0.05, 0.1) is 0 Å². The maximum atomic E-state index is 5.87. The molecule has 7 rings (SSSR count). The number of aliphatic hydroxyl groups is 1. The number of anilines is 3. The maximum absolute atomic E-state index is 5.87. The number of rotatable bonds is 11. The van der Waals surface area contributed by atoms with Gasteiger partial charge in [-0.2, -0.15) is 6.67 Å². The normalized spacial score (nSPS) is 15.1. The van der Waals surface area contributed by atoms with E-state index in [9.17, 15) is 0 Å². The number of hydrogen-bond donors (Lipinski definition) is 0. The second-order valence-corrected chi connectivity index (χ2v) is 30.0. The van der Waals surface area contributed by atoms with Crippen molar-refractivity contribution < 1.29 is 36.1 Å². The molecule has 0 unspecified atom stereocenters. The van der Waals surface area contributed by atoms with Crippen molar-refractivity contribution in [3.8, 4) is 11.5 Å². The zero-order valence-electron chi connectivity index (χ0n) is 41.6. The number of nitrogens with zero attached hydrogens (tertiary/aromatic N) is 3. The first-order valence-corrected chi connectivity index (χ1v) is 34.0. The fourth-order valence-electron chi connectivity index (χ4n) is 8.49. The predicted molar refractivity (Wildman–Crippen MR) is 290 cm³/mol. The Morgan fingerprint density at radius 2 is 1.13 bits per heavy atom. The monoisotopic (exact) mass is 1160 g/mol. The SMILES string of the molecule is CC(C)[OH+]c1ccccc1[CH]=[Ru]([Cl])[Cl].CCc1cccc(CC)c1N1[CH-]C(C)(C)CC1(C)C.Cc1ccccc1N1[CH-]N(c2ccccc2C)CC1.[CH2-][O+](c1ccccc1[CH]=[Ru]([Cl])[Cl])C(C)C. The molecule has 1 N–H and O–H groups in total. The van der Waals surface area contributed by atoms with Crippen molar-refractivity contribution >= 4 is 65.0 Å². The molecule has 5 aromatic rings. The fraction of sp³-hybridized carbons (Fsp3) is 0.375. The molecule has 0 bridgehead atoms. The zero-order valence-corrected chi connectivity index (χ0v) is 48.1. The summed E-state index contributed by atoms with van der Waals surface area (Å²) in [4.78, 5) is 7.22. The number of ether oxygens (including phenoxy) is 1. The molecule has 2 saturated heterocycles. The Balaban J connectivity index is 0.000000197. The van der Waals surface area contributed by atoms with Crippen LogP contribution < -0.4 is 14.7 Å². The first kappa shape index (κ1) is 56.8. The van der Waals surface area contributed by atoms with Crippen LogP contribution in [0.2, 0.25) is 0 Å². The molecule has 0 atom stereocenters. The van der Waals surface area contributed by atoms with Crippen LogP contribution in [0.5, 0.6) is 11.5 Å². The van der Waals surface area contributed by atoms with Gasteiger partial charge in [0.15, 0.2) is 0 Å². The molecule has 0 saturated carbocycles. The van der Waals surface area contributed by atoms with E-state index in [1.165, 1.54) is 45.7 Å². The number of halogens is 4. The molecule has 2 fully saturated rings. The number of hydrogen-bond acceptors (Lipinski definition) is 3. The molecule has 0 amide bonds. The molecular weight excluding hydrogens is 1090 g/mol. The molecule has 2 heterocycles. The van der Waals surface area contributed by atoms with E-state index >= 15 is 0 Å². The van der Waals surface area contributed by atoms with Crippen LogP contribution in [-0.2, 0) is 44.2 Å². The van der Waals surface area contributed by atoms with E-state index < -0.39 is 27.0 Å². The number of para-hydroxylation sites is 5. The third-order valence-corrected chi connectivity index (χ3v) is 15.1. The van der Waals surface area contributed by atoms with Gasteiger partial charge in [0.1, 0.15) is 0 Å². The molecule has 2 aliphatic heterocycles. The Hall–Kier alpha value is -2.75. The third kappa shape index (κ3) is 17.3. The molecule has 5 nitrogen and oxygen atoms in total. The fourth-order valence-corrected chi connectivity index (χ4v) is 12.1. The van der Waals surface area contributed by atoms with E-state index in [2.05, 4.69) is 180 Å². The van der Waals surface area contributed by atoms with Crippen molar-refractivity contribution in [3.63, 3.8) is 0 Å². The zero-order chi connectivity index (χ0) is 49.5. The van der Waals surface area contributed by atoms with Gasteiger partial charge >= 0.3 is 202 Å². The summed E-state index contributed by atoms with van der Waals surface area (Å²) in [6, 6.07) is 39.7. The number of benzene rings is 5. The molecule has 0 aromatic heterocycles. The van der Waals surface area contributed by atoms with Gasteiger partial charge in [-0.3, -0.25) is 0 Å². The molecule has 5 aromatic carbocycles. The van der Waals surface area contributed by atoms with Crippen molar-refractivity contribution in [2.24, 2.45) is 5.41 Å². The third-order valence-electron chi connectivity index (χ3n) is 11.4. The van der Waals surface area contributed by atoms with Crippen LogP contribution in [0.15, 0.2) is 115 Å². The van der Waals surface area contributed by atoms with Crippen LogP contribution in [0.25, 0.3) is 0 Å². The molecule has 67 heavy (non-hydrogen) atoms. The molecule has 0 radical (unpaired) electrons. The van der Waals surface area contributed by atoms with E-state index in [0.717, 1.165) is 48.6 Å². The van der Waals surface area contributed by atoms with Crippen molar-refractivity contribution in [2.45, 2.75) is 120 Å². The summed E-state index contributed by atoms with van der Waals surface area (Å²) in [5.41, 5.74) is 12.2. The molecule has 11 heteroatoms. The summed E-state index contributed by atoms with van der Waals surface area (Å²) in [6.07, 6.45) is 3.97. The molecule has 0 aliphatic carbocycles. The molecule has 0 spiro atoms. The van der Waals surface area contributed by atoms with Gasteiger partial charge in [-0.25, -0.2) is 6.54 Å². The molecule has 2 aliphatic rings. The number of aromatic hydroxyl groups is 1. The topological polar surface area (TPSA) is 25.2 Å². The minimum atomic E-state index is -1.79. The van der Waals surface area contributed by atoms with E-state index in [1.807, 2.05) is 71.6 Å². The first-order valence-electron chi connectivity index (χ1n) is 23.0. The standard InChI is InChI=1S/C18H28N.C17H19N2.C11H14O.C10H12O.4ClH.2Ru/c1-7-14-10-9-11-15(8-2)16(14)19-13-17(3,4)12-18(19,5)6;1-14-7-3-5-9-16(14)18-11-12-19(13-18)17-10-6-4-8-15(17)2;1-9(2)12(4)11-8-6-5-7-10(11)3;1-8(2)11-10-7-5-4-6-9(10)3;;;;;;/h9-11,13H,7-8,12H2,1-6H3;3-10,13H,11-12H2,1-2H3;3,5-9H,4H2,1-2H3;3-8H,1-2H3;4*1H;;/q2*-1;;;;;;;2*+2/p-3. The Morgan fingerprint density at radius 1 is 0.672 bits per heavy atom. The van der Waals surface area contributed by atoms with E-state index in [1.54, 1.807) is 0 Å². The van der Waals surface area contributed by atoms with E-state index in [0.29, 0.717) is 0 Å². The van der Waals surface area contributed by atoms with Crippen LogP contribution in [-0.4, -0.2) is 44.8 Å². The predicted octanol–water partition coefficient (Wildman–Crippen LogP) is 16.4.